The molecule has 0 aliphatic carbocycles. The molecule has 5 nitrogen and oxygen atoms in total. The summed E-state index contributed by atoms with van der Waals surface area (Å²) in [4.78, 5) is 24.0. The van der Waals surface area contributed by atoms with Crippen LogP contribution in [0, 0.1) is 5.92 Å². The monoisotopic (exact) mass is 217 g/mol. The van der Waals surface area contributed by atoms with Gasteiger partial charge in [-0.3, -0.25) is 9.69 Å². The molecule has 1 rings (SSSR count). The van der Waals surface area contributed by atoms with Crippen LogP contribution in [0.4, 0.5) is 4.79 Å². The molecule has 1 aliphatic heterocycles. The molecule has 0 spiro atoms. The fraction of sp³-hybridized carbons (Fsp3) is 0.625. The van der Waals surface area contributed by atoms with Crippen molar-refractivity contribution in [2.24, 2.45) is 5.92 Å². The highest BCUT2D eigenvalue weighted by Crippen LogP contribution is 2.20. The Hall–Kier alpha value is -1.17. The third-order valence-electron chi connectivity index (χ3n) is 2.05. The lowest BCUT2D eigenvalue weighted by Gasteiger charge is -2.13. The topological polar surface area (TPSA) is 55.8 Å². The Morgan fingerprint density at radius 1 is 1.43 bits per heavy atom. The van der Waals surface area contributed by atoms with E-state index in [1.54, 1.807) is 0 Å². The minimum absolute atomic E-state index is 0.248. The van der Waals surface area contributed by atoms with Crippen molar-refractivity contribution < 1.29 is 19.1 Å². The number of methoxy groups -OCH3 is 2. The van der Waals surface area contributed by atoms with E-state index < -0.39 is 6.09 Å². The molecule has 1 aliphatic rings. The van der Waals surface area contributed by atoms with Crippen molar-refractivity contribution in [3.63, 3.8) is 0 Å². The molecule has 0 aromatic carbocycles. The lowest BCUT2D eigenvalue weighted by atomic mass is 10.1. The predicted molar refractivity (Wildman–Crippen MR) is 51.8 cm³/mol. The third-order valence-corrected chi connectivity index (χ3v) is 2.44. The van der Waals surface area contributed by atoms with E-state index in [0.717, 1.165) is 0 Å². The number of hydrogen-bond acceptors (Lipinski definition) is 5. The molecule has 0 bridgehead atoms. The van der Waals surface area contributed by atoms with Gasteiger partial charge in [0.05, 0.1) is 25.1 Å². The number of thiocarbonyl (C=S) groups is 1. The third kappa shape index (κ3) is 2.01. The quantitative estimate of drug-likeness (QED) is 0.475. The molecule has 1 atom stereocenters. The fourth-order valence-corrected chi connectivity index (χ4v) is 1.67. The van der Waals surface area contributed by atoms with Crippen molar-refractivity contribution >= 4 is 29.3 Å². The molecule has 0 N–H and O–H groups in total. The van der Waals surface area contributed by atoms with Gasteiger partial charge in [-0.25, -0.2) is 4.79 Å². The van der Waals surface area contributed by atoms with E-state index in [1.807, 2.05) is 0 Å². The van der Waals surface area contributed by atoms with Gasteiger partial charge in [-0.2, -0.15) is 0 Å². The lowest BCUT2D eigenvalue weighted by molar-refractivity contribution is -0.144. The zero-order chi connectivity index (χ0) is 10.7. The maximum atomic E-state index is 11.2. The van der Waals surface area contributed by atoms with Crippen LogP contribution in [0.2, 0.25) is 0 Å². The number of nitrogens with zero attached hydrogens (tertiary/aromatic N) is 1. The molecule has 1 heterocycles. The molecule has 1 saturated heterocycles. The highest BCUT2D eigenvalue weighted by molar-refractivity contribution is 7.80. The van der Waals surface area contributed by atoms with E-state index in [2.05, 4.69) is 9.47 Å². The summed E-state index contributed by atoms with van der Waals surface area (Å²) in [7, 11) is 2.59. The number of amides is 1. The fourth-order valence-electron chi connectivity index (χ4n) is 1.32. The van der Waals surface area contributed by atoms with Gasteiger partial charge in [-0.15, -0.1) is 0 Å². The van der Waals surface area contributed by atoms with E-state index in [0.29, 0.717) is 11.4 Å². The van der Waals surface area contributed by atoms with Crippen molar-refractivity contribution in [3.8, 4) is 0 Å². The second kappa shape index (κ2) is 4.36. The molecule has 14 heavy (non-hydrogen) atoms. The van der Waals surface area contributed by atoms with Gasteiger partial charge in [0.1, 0.15) is 0 Å². The predicted octanol–water partition coefficient (Wildman–Crippen LogP) is 0.575. The first-order valence-electron chi connectivity index (χ1n) is 4.06. The standard InChI is InChI=1S/C8H11NO4S/c1-12-7(10)5-3-6(14)9(4-5)8(11)13-2/h5H,3-4H2,1-2H3. The van der Waals surface area contributed by atoms with Gasteiger partial charge in [0, 0.05) is 13.0 Å². The molecule has 0 aromatic rings. The van der Waals surface area contributed by atoms with Crippen LogP contribution in [0.5, 0.6) is 0 Å². The average molecular weight is 217 g/mol. The summed E-state index contributed by atoms with van der Waals surface area (Å²) in [6, 6.07) is 0. The minimum Gasteiger partial charge on any atom is -0.469 e. The Morgan fingerprint density at radius 3 is 2.57 bits per heavy atom. The van der Waals surface area contributed by atoms with Crippen molar-refractivity contribution in [1.29, 1.82) is 0 Å². The van der Waals surface area contributed by atoms with Crippen LogP contribution in [0.1, 0.15) is 6.42 Å². The number of carbonyl (C=O) groups is 2. The summed E-state index contributed by atoms with van der Waals surface area (Å²) >= 11 is 4.94. The highest BCUT2D eigenvalue weighted by Gasteiger charge is 2.36. The number of carbonyl (C=O) groups excluding carboxylic acids is 2. The minimum atomic E-state index is -0.526. The molecular weight excluding hydrogens is 206 g/mol. The molecule has 0 saturated carbocycles. The number of hydrogen-bond donors (Lipinski definition) is 0. The second-order valence-corrected chi connectivity index (χ2v) is 3.37. The van der Waals surface area contributed by atoms with Crippen LogP contribution in [0.25, 0.3) is 0 Å². The largest absolute Gasteiger partial charge is 0.469 e. The molecule has 1 amide bonds. The lowest BCUT2D eigenvalue weighted by Crippen LogP contribution is -2.32. The molecule has 1 unspecified atom stereocenters. The van der Waals surface area contributed by atoms with Gasteiger partial charge in [0.25, 0.3) is 0 Å². The Bertz CT molecular complexity index is 279. The van der Waals surface area contributed by atoms with Crippen molar-refractivity contribution in [3.05, 3.63) is 0 Å². The number of rotatable bonds is 1. The van der Waals surface area contributed by atoms with Gasteiger partial charge in [0.2, 0.25) is 0 Å². The van der Waals surface area contributed by atoms with Gasteiger partial charge in [-0.1, -0.05) is 12.2 Å². The van der Waals surface area contributed by atoms with Gasteiger partial charge in [-0.05, 0) is 0 Å². The molecule has 6 heteroatoms. The first-order valence-corrected chi connectivity index (χ1v) is 4.47. The molecular formula is C8H11NO4S. The first-order chi connectivity index (χ1) is 6.60. The Morgan fingerprint density at radius 2 is 2.07 bits per heavy atom. The van der Waals surface area contributed by atoms with E-state index in [4.69, 9.17) is 12.2 Å². The van der Waals surface area contributed by atoms with Crippen LogP contribution in [0.15, 0.2) is 0 Å². The smallest absolute Gasteiger partial charge is 0.414 e. The molecule has 1 fully saturated rings. The Labute approximate surface area is 87.0 Å². The molecule has 78 valence electrons. The summed E-state index contributed by atoms with van der Waals surface area (Å²) in [5.41, 5.74) is 0. The van der Waals surface area contributed by atoms with Crippen molar-refractivity contribution in [2.75, 3.05) is 20.8 Å². The number of likely N-dealkylation sites (tertiary alicyclic amines) is 1. The summed E-state index contributed by atoms with van der Waals surface area (Å²) in [6.07, 6.45) is -0.154. The van der Waals surface area contributed by atoms with E-state index >= 15 is 0 Å². The zero-order valence-electron chi connectivity index (χ0n) is 7.98. The zero-order valence-corrected chi connectivity index (χ0v) is 8.80. The van der Waals surface area contributed by atoms with Crippen molar-refractivity contribution in [2.45, 2.75) is 6.42 Å². The maximum absolute atomic E-state index is 11.2. The second-order valence-electron chi connectivity index (χ2n) is 2.90. The summed E-state index contributed by atoms with van der Waals surface area (Å²) < 4.78 is 9.08. The van der Waals surface area contributed by atoms with Crippen LogP contribution < -0.4 is 0 Å². The van der Waals surface area contributed by atoms with Crippen LogP contribution >= 0.6 is 12.2 Å². The van der Waals surface area contributed by atoms with Crippen LogP contribution in [0.3, 0.4) is 0 Å². The van der Waals surface area contributed by atoms with Crippen LogP contribution in [-0.4, -0.2) is 42.7 Å². The number of esters is 1. The van der Waals surface area contributed by atoms with Gasteiger partial charge in [0.15, 0.2) is 0 Å². The van der Waals surface area contributed by atoms with E-state index in [1.165, 1.54) is 19.1 Å². The average Bonchev–Trinajstić information content (AvgIpc) is 2.58. The Kier molecular flexibility index (Phi) is 3.40. The van der Waals surface area contributed by atoms with E-state index in [-0.39, 0.29) is 18.4 Å². The Balaban J connectivity index is 2.64. The van der Waals surface area contributed by atoms with Gasteiger partial charge >= 0.3 is 12.1 Å². The normalized spacial score (nSPS) is 20.9. The summed E-state index contributed by atoms with van der Waals surface area (Å²) in [6.45, 7) is 0.248. The molecule has 0 radical (unpaired) electrons. The SMILES string of the molecule is COC(=O)C1CC(=S)N(C(=O)OC)C1. The summed E-state index contributed by atoms with van der Waals surface area (Å²) in [5, 5.41) is 0. The molecule has 0 aromatic heterocycles. The summed E-state index contributed by atoms with van der Waals surface area (Å²) in [5.74, 6) is -0.703. The van der Waals surface area contributed by atoms with E-state index in [9.17, 15) is 9.59 Å². The maximum Gasteiger partial charge on any atom is 0.414 e. The first kappa shape index (κ1) is 10.9. The van der Waals surface area contributed by atoms with Crippen LogP contribution in [-0.2, 0) is 14.3 Å². The highest BCUT2D eigenvalue weighted by atomic mass is 32.1. The van der Waals surface area contributed by atoms with Crippen molar-refractivity contribution in [1.82, 2.24) is 4.90 Å². The number of ether oxygens (including phenoxy) is 2. The van der Waals surface area contributed by atoms with Gasteiger partial charge < -0.3 is 9.47 Å².